The summed E-state index contributed by atoms with van der Waals surface area (Å²) in [5, 5.41) is 0. The van der Waals surface area contributed by atoms with E-state index in [4.69, 9.17) is 0 Å². The normalized spacial score (nSPS) is 11.2. The number of hydrogen-bond acceptors (Lipinski definition) is 3. The fourth-order valence-electron chi connectivity index (χ4n) is 3.76. The van der Waals surface area contributed by atoms with Crippen LogP contribution in [0.1, 0.15) is 42.4 Å². The van der Waals surface area contributed by atoms with E-state index in [1.165, 1.54) is 42.4 Å². The average molecular weight is 374 g/mol. The minimum atomic E-state index is 0.591. The van der Waals surface area contributed by atoms with E-state index in [0.717, 1.165) is 19.4 Å². The average Bonchev–Trinajstić information content (AvgIpc) is 2.75. The van der Waals surface area contributed by atoms with Gasteiger partial charge in [0.25, 0.3) is 0 Å². The zero-order valence-electron chi connectivity index (χ0n) is 16.9. The van der Waals surface area contributed by atoms with Gasteiger partial charge in [0.15, 0.2) is 0 Å². The van der Waals surface area contributed by atoms with Crippen molar-refractivity contribution in [3.8, 4) is 0 Å². The Kier molecular flexibility index (Phi) is 8.20. The third-order valence-electron chi connectivity index (χ3n) is 5.35. The summed E-state index contributed by atoms with van der Waals surface area (Å²) >= 11 is 0. The molecule has 1 aromatic carbocycles. The molecule has 0 fully saturated rings. The lowest BCUT2D eigenvalue weighted by molar-refractivity contribution is 0.204. The minimum absolute atomic E-state index is 0.591. The van der Waals surface area contributed by atoms with E-state index < -0.39 is 0 Å². The van der Waals surface area contributed by atoms with Gasteiger partial charge < -0.3 is 0 Å². The highest BCUT2D eigenvalue weighted by molar-refractivity contribution is 5.14. The molecule has 0 atom stereocenters. The van der Waals surface area contributed by atoms with Crippen LogP contribution >= 0.6 is 0 Å². The molecule has 3 rings (SSSR count). The van der Waals surface area contributed by atoms with Gasteiger partial charge in [-0.3, -0.25) is 14.9 Å². The van der Waals surface area contributed by atoms with Gasteiger partial charge in [-0.1, -0.05) is 42.5 Å². The van der Waals surface area contributed by atoms with E-state index in [9.17, 15) is 0 Å². The van der Waals surface area contributed by atoms with Gasteiger partial charge in [-0.2, -0.15) is 0 Å². The number of pyridine rings is 2. The fourth-order valence-corrected chi connectivity index (χ4v) is 3.76. The molecule has 0 aliphatic rings. The van der Waals surface area contributed by atoms with Crippen molar-refractivity contribution in [2.75, 3.05) is 7.05 Å². The topological polar surface area (TPSA) is 29.0 Å². The molecule has 0 N–H and O–H groups in total. The standard InChI is InChI=1S/C25H31N3/c1-28(21-24-9-3-2-4-10-24)25(15-5-11-22-13-7-17-26-19-22)16-6-12-23-14-8-18-27-20-23/h2-4,7-10,13-14,17-20,25H,5-6,11-12,15-16,21H2,1H3. The summed E-state index contributed by atoms with van der Waals surface area (Å²) in [4.78, 5) is 11.0. The highest BCUT2D eigenvalue weighted by Gasteiger charge is 2.15. The molecule has 0 spiro atoms. The van der Waals surface area contributed by atoms with Crippen molar-refractivity contribution in [1.82, 2.24) is 14.9 Å². The van der Waals surface area contributed by atoms with Gasteiger partial charge >= 0.3 is 0 Å². The van der Waals surface area contributed by atoms with Crippen molar-refractivity contribution in [2.45, 2.75) is 51.1 Å². The van der Waals surface area contributed by atoms with Gasteiger partial charge in [-0.15, -0.1) is 0 Å². The van der Waals surface area contributed by atoms with E-state index in [-0.39, 0.29) is 0 Å². The predicted octanol–water partition coefficient (Wildman–Crippen LogP) is 5.32. The molecular formula is C25H31N3. The van der Waals surface area contributed by atoms with Crippen LogP contribution < -0.4 is 0 Å². The summed E-state index contributed by atoms with van der Waals surface area (Å²) in [6.07, 6.45) is 14.7. The molecule has 146 valence electrons. The van der Waals surface area contributed by atoms with E-state index in [1.54, 1.807) is 0 Å². The van der Waals surface area contributed by atoms with Crippen LogP contribution in [0.25, 0.3) is 0 Å². The summed E-state index contributed by atoms with van der Waals surface area (Å²) in [5.74, 6) is 0. The molecule has 0 saturated heterocycles. The molecule has 2 heterocycles. The van der Waals surface area contributed by atoms with Crippen molar-refractivity contribution < 1.29 is 0 Å². The molecule has 0 bridgehead atoms. The smallest absolute Gasteiger partial charge is 0.0299 e. The second-order valence-electron chi connectivity index (χ2n) is 7.56. The van der Waals surface area contributed by atoms with Crippen LogP contribution in [0, 0.1) is 0 Å². The van der Waals surface area contributed by atoms with Crippen molar-refractivity contribution in [3.05, 3.63) is 96.1 Å². The van der Waals surface area contributed by atoms with E-state index in [0.29, 0.717) is 6.04 Å². The predicted molar refractivity (Wildman–Crippen MR) is 116 cm³/mol. The third kappa shape index (κ3) is 6.90. The van der Waals surface area contributed by atoms with E-state index in [2.05, 4.69) is 64.4 Å². The highest BCUT2D eigenvalue weighted by atomic mass is 15.1. The number of benzene rings is 1. The van der Waals surface area contributed by atoms with Gasteiger partial charge in [-0.25, -0.2) is 0 Å². The van der Waals surface area contributed by atoms with E-state index in [1.807, 2.05) is 36.9 Å². The molecule has 0 aliphatic carbocycles. The number of aryl methyl sites for hydroxylation is 2. The van der Waals surface area contributed by atoms with Crippen LogP contribution in [-0.4, -0.2) is 28.0 Å². The fraction of sp³-hybridized carbons (Fsp3) is 0.360. The molecule has 3 heteroatoms. The lowest BCUT2D eigenvalue weighted by Crippen LogP contribution is -2.31. The summed E-state index contributed by atoms with van der Waals surface area (Å²) in [7, 11) is 2.27. The van der Waals surface area contributed by atoms with Gasteiger partial charge in [0.05, 0.1) is 0 Å². The first-order valence-corrected chi connectivity index (χ1v) is 10.3. The maximum atomic E-state index is 4.24. The maximum absolute atomic E-state index is 4.24. The Morgan fingerprint density at radius 3 is 1.75 bits per heavy atom. The lowest BCUT2D eigenvalue weighted by Gasteiger charge is -2.28. The van der Waals surface area contributed by atoms with Crippen molar-refractivity contribution >= 4 is 0 Å². The Hall–Kier alpha value is -2.52. The first kappa shape index (κ1) is 20.2. The number of rotatable bonds is 11. The Morgan fingerprint density at radius 1 is 0.714 bits per heavy atom. The van der Waals surface area contributed by atoms with Gasteiger partial charge in [-0.05, 0) is 74.4 Å². The second kappa shape index (κ2) is 11.4. The number of hydrogen-bond donors (Lipinski definition) is 0. The summed E-state index contributed by atoms with van der Waals surface area (Å²) in [5.41, 5.74) is 4.05. The molecule has 0 amide bonds. The summed E-state index contributed by atoms with van der Waals surface area (Å²) in [6.45, 7) is 1.01. The number of aromatic nitrogens is 2. The maximum Gasteiger partial charge on any atom is 0.0299 e. The Morgan fingerprint density at radius 2 is 1.25 bits per heavy atom. The van der Waals surface area contributed by atoms with Gasteiger partial charge in [0, 0.05) is 37.4 Å². The van der Waals surface area contributed by atoms with Crippen LogP contribution in [0.4, 0.5) is 0 Å². The van der Waals surface area contributed by atoms with Crippen LogP contribution in [0.2, 0.25) is 0 Å². The molecule has 28 heavy (non-hydrogen) atoms. The zero-order chi connectivity index (χ0) is 19.4. The molecular weight excluding hydrogens is 342 g/mol. The summed E-state index contributed by atoms with van der Waals surface area (Å²) < 4.78 is 0. The quantitative estimate of drug-likeness (QED) is 0.455. The minimum Gasteiger partial charge on any atom is -0.299 e. The third-order valence-corrected chi connectivity index (χ3v) is 5.35. The zero-order valence-corrected chi connectivity index (χ0v) is 16.9. The lowest BCUT2D eigenvalue weighted by atomic mass is 9.98. The molecule has 0 saturated carbocycles. The Bertz CT molecular complexity index is 729. The van der Waals surface area contributed by atoms with Crippen LogP contribution in [-0.2, 0) is 19.4 Å². The SMILES string of the molecule is CN(Cc1ccccc1)C(CCCc1cccnc1)CCCc1cccnc1. The van der Waals surface area contributed by atoms with Gasteiger partial charge in [0.2, 0.25) is 0 Å². The van der Waals surface area contributed by atoms with Crippen LogP contribution in [0.15, 0.2) is 79.4 Å². The van der Waals surface area contributed by atoms with Crippen LogP contribution in [0.5, 0.6) is 0 Å². The first-order chi connectivity index (χ1) is 13.8. The highest BCUT2D eigenvalue weighted by Crippen LogP contribution is 2.18. The second-order valence-corrected chi connectivity index (χ2v) is 7.56. The monoisotopic (exact) mass is 373 g/mol. The molecule has 0 unspecified atom stereocenters. The molecule has 3 aromatic rings. The van der Waals surface area contributed by atoms with Crippen molar-refractivity contribution in [3.63, 3.8) is 0 Å². The van der Waals surface area contributed by atoms with Gasteiger partial charge in [0.1, 0.15) is 0 Å². The largest absolute Gasteiger partial charge is 0.299 e. The number of nitrogens with zero attached hydrogens (tertiary/aromatic N) is 3. The Labute approximate surface area is 169 Å². The summed E-state index contributed by atoms with van der Waals surface area (Å²) in [6, 6.07) is 19.8. The first-order valence-electron chi connectivity index (χ1n) is 10.3. The van der Waals surface area contributed by atoms with Crippen LogP contribution in [0.3, 0.4) is 0 Å². The van der Waals surface area contributed by atoms with Crippen molar-refractivity contribution in [2.24, 2.45) is 0 Å². The molecule has 2 aromatic heterocycles. The van der Waals surface area contributed by atoms with E-state index >= 15 is 0 Å². The Balaban J connectivity index is 1.54. The van der Waals surface area contributed by atoms with Crippen molar-refractivity contribution in [1.29, 1.82) is 0 Å². The molecule has 0 radical (unpaired) electrons. The molecule has 0 aliphatic heterocycles. The molecule has 3 nitrogen and oxygen atoms in total.